The number of benzene rings is 2. The van der Waals surface area contributed by atoms with Crippen LogP contribution in [0.4, 0.5) is 0 Å². The van der Waals surface area contributed by atoms with Crippen molar-refractivity contribution in [1.82, 2.24) is 4.57 Å². The minimum Gasteiger partial charge on any atom is -0.481 e. The molecule has 0 bridgehead atoms. The van der Waals surface area contributed by atoms with Gasteiger partial charge in [-0.15, -0.1) is 0 Å². The fourth-order valence-electron chi connectivity index (χ4n) is 3.77. The second kappa shape index (κ2) is 10.9. The van der Waals surface area contributed by atoms with Gasteiger partial charge in [-0.05, 0) is 48.2 Å². The number of carbonyl (C=O) groups is 1. The zero-order chi connectivity index (χ0) is 23.1. The summed E-state index contributed by atoms with van der Waals surface area (Å²) < 4.78 is 2.44. The lowest BCUT2D eigenvalue weighted by molar-refractivity contribution is -0.137. The molecule has 0 aliphatic heterocycles. The van der Waals surface area contributed by atoms with Gasteiger partial charge in [0.2, 0.25) is 0 Å². The average molecular weight is 497 g/mol. The Balaban J connectivity index is 1.94. The summed E-state index contributed by atoms with van der Waals surface area (Å²) in [5, 5.41) is 22.3. The molecular formula is C25H25BrN2O4. The number of hydrogen-bond donors (Lipinski definition) is 2. The Morgan fingerprint density at radius 1 is 1.09 bits per heavy atom. The summed E-state index contributed by atoms with van der Waals surface area (Å²) >= 11 is 3.48. The van der Waals surface area contributed by atoms with Gasteiger partial charge in [-0.1, -0.05) is 57.5 Å². The van der Waals surface area contributed by atoms with E-state index < -0.39 is 5.97 Å². The Bertz CT molecular complexity index is 1170. The third kappa shape index (κ3) is 5.95. The zero-order valence-electron chi connectivity index (χ0n) is 17.7. The molecule has 0 saturated heterocycles. The average Bonchev–Trinajstić information content (AvgIpc) is 2.77. The van der Waals surface area contributed by atoms with Crippen LogP contribution < -0.4 is 5.56 Å². The first-order valence-corrected chi connectivity index (χ1v) is 11.1. The Hall–Kier alpha value is -3.19. The van der Waals surface area contributed by atoms with Crippen LogP contribution >= 0.6 is 15.9 Å². The number of rotatable bonds is 9. The van der Waals surface area contributed by atoms with E-state index in [1.54, 1.807) is 12.3 Å². The predicted octanol–water partition coefficient (Wildman–Crippen LogP) is 5.18. The lowest BCUT2D eigenvalue weighted by Gasteiger charge is -2.21. The number of carboxylic acids is 1. The van der Waals surface area contributed by atoms with Crippen LogP contribution in [0.2, 0.25) is 0 Å². The van der Waals surface area contributed by atoms with E-state index in [9.17, 15) is 14.8 Å². The summed E-state index contributed by atoms with van der Waals surface area (Å²) in [5.41, 5.74) is 4.20. The van der Waals surface area contributed by atoms with Crippen LogP contribution in [0.3, 0.4) is 0 Å². The molecule has 2 aromatic carbocycles. The van der Waals surface area contributed by atoms with Crippen LogP contribution in [-0.2, 0) is 11.3 Å². The highest BCUT2D eigenvalue weighted by Gasteiger charge is 2.20. The summed E-state index contributed by atoms with van der Waals surface area (Å²) in [6.07, 6.45) is 2.39. The minimum atomic E-state index is -0.901. The summed E-state index contributed by atoms with van der Waals surface area (Å²) in [4.78, 5) is 23.0. The molecule has 1 heterocycles. The second-order valence-electron chi connectivity index (χ2n) is 7.66. The summed E-state index contributed by atoms with van der Waals surface area (Å²) in [6.45, 7) is 2.34. The lowest BCUT2D eigenvalue weighted by Crippen LogP contribution is -2.21. The molecular weight excluding hydrogens is 472 g/mol. The Kier molecular flexibility index (Phi) is 8.00. The van der Waals surface area contributed by atoms with Crippen LogP contribution in [0, 0.1) is 6.92 Å². The lowest BCUT2D eigenvalue weighted by atomic mass is 9.83. The van der Waals surface area contributed by atoms with Gasteiger partial charge in [0.15, 0.2) is 0 Å². The quantitative estimate of drug-likeness (QED) is 0.242. The molecule has 0 fully saturated rings. The molecule has 166 valence electrons. The summed E-state index contributed by atoms with van der Waals surface area (Å²) in [5.74, 6) is -0.954. The highest BCUT2D eigenvalue weighted by molar-refractivity contribution is 9.10. The van der Waals surface area contributed by atoms with E-state index in [0.29, 0.717) is 24.1 Å². The Morgan fingerprint density at radius 2 is 1.81 bits per heavy atom. The standard InChI is InChI=1S/C25H25BrN2O4/c1-17-5-2-3-6-21(17)22(18-8-11-20(26)12-9-18)15-23(27-32)19-10-13-24(29)28(16-19)14-4-7-25(30)31/h2-3,5-6,8-13,16,22,32H,4,7,14-15H2,1H3,(H,30,31)/b27-23-. The normalized spacial score (nSPS) is 12.5. The third-order valence-corrected chi connectivity index (χ3v) is 5.99. The smallest absolute Gasteiger partial charge is 0.303 e. The van der Waals surface area contributed by atoms with E-state index in [0.717, 1.165) is 21.2 Å². The number of nitrogens with zero attached hydrogens (tertiary/aromatic N) is 2. The van der Waals surface area contributed by atoms with Crippen LogP contribution in [0.25, 0.3) is 0 Å². The van der Waals surface area contributed by atoms with Crippen molar-refractivity contribution in [3.05, 3.63) is 104 Å². The summed E-state index contributed by atoms with van der Waals surface area (Å²) in [7, 11) is 0. The van der Waals surface area contributed by atoms with Crippen molar-refractivity contribution in [2.75, 3.05) is 0 Å². The molecule has 1 atom stereocenters. The van der Waals surface area contributed by atoms with Gasteiger partial charge >= 0.3 is 5.97 Å². The van der Waals surface area contributed by atoms with Gasteiger partial charge in [-0.2, -0.15) is 0 Å². The van der Waals surface area contributed by atoms with Gasteiger partial charge in [0, 0.05) is 47.6 Å². The SMILES string of the molecule is Cc1ccccc1C(C/C(=N/O)c1ccc(=O)n(CCCC(=O)O)c1)c1ccc(Br)cc1. The third-order valence-electron chi connectivity index (χ3n) is 5.46. The maximum atomic E-state index is 12.2. The van der Waals surface area contributed by atoms with Crippen LogP contribution in [0.5, 0.6) is 0 Å². The van der Waals surface area contributed by atoms with Crippen molar-refractivity contribution < 1.29 is 15.1 Å². The van der Waals surface area contributed by atoms with Gasteiger partial charge in [0.25, 0.3) is 5.56 Å². The molecule has 1 unspecified atom stereocenters. The minimum absolute atomic E-state index is 0.0173. The molecule has 1 aromatic heterocycles. The van der Waals surface area contributed by atoms with Gasteiger partial charge < -0.3 is 14.9 Å². The van der Waals surface area contributed by atoms with Gasteiger partial charge in [-0.3, -0.25) is 9.59 Å². The number of aryl methyl sites for hydroxylation is 2. The highest BCUT2D eigenvalue weighted by atomic mass is 79.9. The largest absolute Gasteiger partial charge is 0.481 e. The van der Waals surface area contributed by atoms with Gasteiger partial charge in [-0.25, -0.2) is 0 Å². The van der Waals surface area contributed by atoms with E-state index in [-0.39, 0.29) is 24.4 Å². The van der Waals surface area contributed by atoms with Gasteiger partial charge in [0.05, 0.1) is 5.71 Å². The zero-order valence-corrected chi connectivity index (χ0v) is 19.3. The first-order valence-electron chi connectivity index (χ1n) is 10.3. The number of hydrogen-bond acceptors (Lipinski definition) is 4. The molecule has 0 saturated carbocycles. The molecule has 2 N–H and O–H groups in total. The number of aromatic nitrogens is 1. The van der Waals surface area contributed by atoms with Crippen molar-refractivity contribution in [3.8, 4) is 0 Å². The first kappa shape index (κ1) is 23.5. The molecule has 3 rings (SSSR count). The molecule has 0 aliphatic rings. The van der Waals surface area contributed by atoms with E-state index in [2.05, 4.69) is 40.1 Å². The van der Waals surface area contributed by atoms with Crippen LogP contribution in [0.15, 0.2) is 81.3 Å². The maximum absolute atomic E-state index is 12.2. The van der Waals surface area contributed by atoms with E-state index in [1.165, 1.54) is 10.6 Å². The number of pyridine rings is 1. The Morgan fingerprint density at radius 3 is 2.47 bits per heavy atom. The number of aliphatic carboxylic acids is 1. The Labute approximate surface area is 195 Å². The second-order valence-corrected chi connectivity index (χ2v) is 8.57. The molecule has 0 amide bonds. The van der Waals surface area contributed by atoms with E-state index in [4.69, 9.17) is 5.11 Å². The fraction of sp³-hybridized carbons (Fsp3) is 0.240. The number of halogens is 1. The first-order chi connectivity index (χ1) is 15.4. The molecule has 6 nitrogen and oxygen atoms in total. The van der Waals surface area contributed by atoms with Crippen molar-refractivity contribution in [2.24, 2.45) is 5.16 Å². The highest BCUT2D eigenvalue weighted by Crippen LogP contribution is 2.32. The molecule has 7 heteroatoms. The van der Waals surface area contributed by atoms with Crippen molar-refractivity contribution in [2.45, 2.75) is 38.6 Å². The van der Waals surface area contributed by atoms with E-state index >= 15 is 0 Å². The monoisotopic (exact) mass is 496 g/mol. The molecule has 3 aromatic rings. The fourth-order valence-corrected chi connectivity index (χ4v) is 4.03. The van der Waals surface area contributed by atoms with Crippen molar-refractivity contribution >= 4 is 27.6 Å². The predicted molar refractivity (Wildman–Crippen MR) is 128 cm³/mol. The molecule has 0 radical (unpaired) electrons. The number of carboxylic acid groups (broad SMARTS) is 1. The van der Waals surface area contributed by atoms with Crippen LogP contribution in [0.1, 0.15) is 47.4 Å². The summed E-state index contributed by atoms with van der Waals surface area (Å²) in [6, 6.07) is 19.2. The molecule has 32 heavy (non-hydrogen) atoms. The van der Waals surface area contributed by atoms with Crippen LogP contribution in [-0.4, -0.2) is 26.6 Å². The number of oxime groups is 1. The van der Waals surface area contributed by atoms with Crippen molar-refractivity contribution in [1.29, 1.82) is 0 Å². The maximum Gasteiger partial charge on any atom is 0.303 e. The van der Waals surface area contributed by atoms with E-state index in [1.807, 2.05) is 36.4 Å². The molecule has 0 aliphatic carbocycles. The van der Waals surface area contributed by atoms with Gasteiger partial charge in [0.1, 0.15) is 0 Å². The topological polar surface area (TPSA) is 91.9 Å². The van der Waals surface area contributed by atoms with Crippen molar-refractivity contribution in [3.63, 3.8) is 0 Å². The molecule has 0 spiro atoms.